The van der Waals surface area contributed by atoms with Gasteiger partial charge in [0.05, 0.1) is 0 Å². The Hall–Kier alpha value is -1.31. The van der Waals surface area contributed by atoms with Crippen LogP contribution in [0.3, 0.4) is 0 Å². The fourth-order valence-electron chi connectivity index (χ4n) is 0.945. The van der Waals surface area contributed by atoms with E-state index >= 15 is 0 Å². The second-order valence-corrected chi connectivity index (χ2v) is 2.69. The molecule has 0 N–H and O–H groups in total. The van der Waals surface area contributed by atoms with E-state index < -0.39 is 0 Å². The van der Waals surface area contributed by atoms with Gasteiger partial charge in [0.2, 0.25) is 0 Å². The number of benzene rings is 1. The third kappa shape index (κ3) is 1.84. The maximum atomic E-state index is 11.5. The molecule has 0 saturated carbocycles. The van der Waals surface area contributed by atoms with E-state index in [1.54, 1.807) is 11.9 Å². The van der Waals surface area contributed by atoms with Crippen molar-refractivity contribution >= 4 is 5.91 Å². The molecule has 0 aliphatic carbocycles. The molecule has 0 spiro atoms. The van der Waals surface area contributed by atoms with Crippen molar-refractivity contribution in [3.05, 3.63) is 35.9 Å². The zero-order chi connectivity index (χ0) is 8.97. The van der Waals surface area contributed by atoms with Crippen molar-refractivity contribution in [3.63, 3.8) is 0 Å². The zero-order valence-electron chi connectivity index (χ0n) is 7.45. The van der Waals surface area contributed by atoms with Gasteiger partial charge in [-0.25, -0.2) is 0 Å². The highest BCUT2D eigenvalue weighted by molar-refractivity contribution is 5.93. The molecule has 1 amide bonds. The lowest BCUT2D eigenvalue weighted by Crippen LogP contribution is -2.25. The summed E-state index contributed by atoms with van der Waals surface area (Å²) in [5, 5.41) is 0. The first-order chi connectivity index (χ1) is 5.75. The second-order valence-electron chi connectivity index (χ2n) is 2.69. The van der Waals surface area contributed by atoms with Gasteiger partial charge in [-0.05, 0) is 19.1 Å². The summed E-state index contributed by atoms with van der Waals surface area (Å²) in [6, 6.07) is 9.30. The van der Waals surface area contributed by atoms with E-state index in [0.717, 1.165) is 12.1 Å². The van der Waals surface area contributed by atoms with Crippen molar-refractivity contribution in [2.45, 2.75) is 6.92 Å². The average molecular weight is 165 g/mol. The van der Waals surface area contributed by atoms with Crippen molar-refractivity contribution in [2.75, 3.05) is 13.6 Å². The average Bonchev–Trinajstić information content (AvgIpc) is 2.17. The zero-order valence-corrected chi connectivity index (χ0v) is 7.45. The molecule has 0 aliphatic rings. The minimum absolute atomic E-state index is 0. The van der Waals surface area contributed by atoms with Gasteiger partial charge in [0.25, 0.3) is 5.91 Å². The lowest BCUT2D eigenvalue weighted by Gasteiger charge is -2.13. The van der Waals surface area contributed by atoms with Crippen molar-refractivity contribution in [1.82, 2.24) is 4.90 Å². The SMILES string of the molecule is CCN(C)C(=O)c1ccccc1.[HH]. The minimum atomic E-state index is 0. The van der Waals surface area contributed by atoms with Crippen molar-refractivity contribution in [3.8, 4) is 0 Å². The van der Waals surface area contributed by atoms with Crippen LogP contribution >= 0.6 is 0 Å². The van der Waals surface area contributed by atoms with E-state index in [0.29, 0.717) is 0 Å². The number of nitrogens with zero attached hydrogens (tertiary/aromatic N) is 1. The number of carbonyl (C=O) groups is 1. The molecule has 2 nitrogen and oxygen atoms in total. The van der Waals surface area contributed by atoms with Crippen LogP contribution in [0.15, 0.2) is 30.3 Å². The highest BCUT2D eigenvalue weighted by Gasteiger charge is 2.07. The summed E-state index contributed by atoms with van der Waals surface area (Å²) in [6.07, 6.45) is 0. The maximum absolute atomic E-state index is 11.5. The van der Waals surface area contributed by atoms with Gasteiger partial charge in [0.1, 0.15) is 0 Å². The molecule has 0 saturated heterocycles. The first kappa shape index (κ1) is 8.78. The molecular formula is C10H15NO. The Morgan fingerprint density at radius 3 is 2.50 bits per heavy atom. The highest BCUT2D eigenvalue weighted by Crippen LogP contribution is 2.01. The Morgan fingerprint density at radius 2 is 2.00 bits per heavy atom. The fraction of sp³-hybridized carbons (Fsp3) is 0.300. The summed E-state index contributed by atoms with van der Waals surface area (Å²) in [5.41, 5.74) is 0.752. The molecule has 0 aliphatic heterocycles. The number of hydrogen-bond donors (Lipinski definition) is 0. The van der Waals surface area contributed by atoms with Crippen molar-refractivity contribution in [2.24, 2.45) is 0 Å². The maximum Gasteiger partial charge on any atom is 0.253 e. The van der Waals surface area contributed by atoms with Crippen molar-refractivity contribution in [1.29, 1.82) is 0 Å². The van der Waals surface area contributed by atoms with Gasteiger partial charge in [-0.2, -0.15) is 0 Å². The predicted octanol–water partition coefficient (Wildman–Crippen LogP) is 2.02. The topological polar surface area (TPSA) is 20.3 Å². The Bertz CT molecular complexity index is 261. The molecule has 2 heteroatoms. The molecule has 0 atom stereocenters. The third-order valence-corrected chi connectivity index (χ3v) is 1.84. The summed E-state index contributed by atoms with van der Waals surface area (Å²) < 4.78 is 0. The molecule has 1 rings (SSSR count). The van der Waals surface area contributed by atoms with Crippen molar-refractivity contribution < 1.29 is 6.22 Å². The lowest BCUT2D eigenvalue weighted by molar-refractivity contribution is 0.0802. The summed E-state index contributed by atoms with van der Waals surface area (Å²) in [4.78, 5) is 13.2. The number of hydrogen-bond acceptors (Lipinski definition) is 1. The molecule has 66 valence electrons. The van der Waals surface area contributed by atoms with Gasteiger partial charge in [-0.1, -0.05) is 18.2 Å². The summed E-state index contributed by atoms with van der Waals surface area (Å²) in [6.45, 7) is 2.70. The standard InChI is InChI=1S/C10H13NO.H2/c1-3-11(2)10(12)9-7-5-4-6-8-9;/h4-8H,3H2,1-2H3;1H. The van der Waals surface area contributed by atoms with Crippen LogP contribution in [0.5, 0.6) is 0 Å². The van der Waals surface area contributed by atoms with Crippen LogP contribution in [-0.4, -0.2) is 24.4 Å². The van der Waals surface area contributed by atoms with E-state index in [-0.39, 0.29) is 7.33 Å². The normalized spacial score (nSPS) is 9.50. The van der Waals surface area contributed by atoms with Gasteiger partial charge in [0, 0.05) is 20.6 Å². The minimum Gasteiger partial charge on any atom is -0.342 e. The van der Waals surface area contributed by atoms with Crippen LogP contribution in [0, 0.1) is 0 Å². The number of rotatable bonds is 2. The quantitative estimate of drug-likeness (QED) is 0.656. The van der Waals surface area contributed by atoms with E-state index in [1.807, 2.05) is 37.3 Å². The molecule has 0 bridgehead atoms. The highest BCUT2D eigenvalue weighted by atomic mass is 16.2. The van der Waals surface area contributed by atoms with Crippen LogP contribution in [0.2, 0.25) is 0 Å². The molecule has 0 unspecified atom stereocenters. The van der Waals surface area contributed by atoms with E-state index in [2.05, 4.69) is 0 Å². The van der Waals surface area contributed by atoms with Crippen LogP contribution < -0.4 is 0 Å². The van der Waals surface area contributed by atoms with Crippen LogP contribution in [0.25, 0.3) is 0 Å². The van der Waals surface area contributed by atoms with E-state index in [1.165, 1.54) is 0 Å². The molecular weight excluding hydrogens is 150 g/mol. The van der Waals surface area contributed by atoms with Gasteiger partial charge >= 0.3 is 0 Å². The second kappa shape index (κ2) is 3.90. The first-order valence-corrected chi connectivity index (χ1v) is 4.06. The Morgan fingerprint density at radius 1 is 1.42 bits per heavy atom. The molecule has 0 heterocycles. The fourth-order valence-corrected chi connectivity index (χ4v) is 0.945. The molecule has 12 heavy (non-hydrogen) atoms. The summed E-state index contributed by atoms with van der Waals surface area (Å²) in [5.74, 6) is 0.0816. The van der Waals surface area contributed by atoms with Crippen LogP contribution in [0.4, 0.5) is 0 Å². The molecule has 1 aromatic carbocycles. The number of amides is 1. The Kier molecular flexibility index (Phi) is 2.86. The molecule has 1 aromatic rings. The van der Waals surface area contributed by atoms with Crippen LogP contribution in [0.1, 0.15) is 18.7 Å². The summed E-state index contributed by atoms with van der Waals surface area (Å²) >= 11 is 0. The predicted molar refractivity (Wildman–Crippen MR) is 51.2 cm³/mol. The first-order valence-electron chi connectivity index (χ1n) is 4.06. The van der Waals surface area contributed by atoms with E-state index in [4.69, 9.17) is 0 Å². The molecule has 0 fully saturated rings. The van der Waals surface area contributed by atoms with Gasteiger partial charge in [-0.15, -0.1) is 0 Å². The smallest absolute Gasteiger partial charge is 0.253 e. The molecule has 0 radical (unpaired) electrons. The monoisotopic (exact) mass is 165 g/mol. The Labute approximate surface area is 74.3 Å². The van der Waals surface area contributed by atoms with Gasteiger partial charge in [0.15, 0.2) is 0 Å². The molecule has 0 aromatic heterocycles. The van der Waals surface area contributed by atoms with Crippen LogP contribution in [-0.2, 0) is 0 Å². The number of carbonyl (C=O) groups excluding carboxylic acids is 1. The summed E-state index contributed by atoms with van der Waals surface area (Å²) in [7, 11) is 1.80. The van der Waals surface area contributed by atoms with E-state index in [9.17, 15) is 4.79 Å². The third-order valence-electron chi connectivity index (χ3n) is 1.84. The van der Waals surface area contributed by atoms with Gasteiger partial charge < -0.3 is 4.90 Å². The van der Waals surface area contributed by atoms with Gasteiger partial charge in [-0.3, -0.25) is 4.79 Å². The lowest BCUT2D eigenvalue weighted by atomic mass is 10.2. The Balaban J connectivity index is 0.00000144. The largest absolute Gasteiger partial charge is 0.342 e.